The van der Waals surface area contributed by atoms with Gasteiger partial charge in [-0.15, -0.1) is 0 Å². The third-order valence-corrected chi connectivity index (χ3v) is 5.18. The normalized spacial score (nSPS) is 34.3. The highest BCUT2D eigenvalue weighted by atomic mass is 16.5. The number of likely N-dealkylation sites (N-methyl/N-ethyl adjacent to an activating group) is 1. The van der Waals surface area contributed by atoms with Crippen LogP contribution in [0.3, 0.4) is 0 Å². The van der Waals surface area contributed by atoms with Gasteiger partial charge in [0.2, 0.25) is 0 Å². The van der Waals surface area contributed by atoms with Crippen molar-refractivity contribution < 1.29 is 9.84 Å². The zero-order chi connectivity index (χ0) is 15.1. The van der Waals surface area contributed by atoms with Crippen molar-refractivity contribution in [2.24, 2.45) is 5.41 Å². The van der Waals surface area contributed by atoms with E-state index in [1.165, 1.54) is 25.7 Å². The Hall–Kier alpha value is -0.160. The van der Waals surface area contributed by atoms with E-state index in [0.717, 1.165) is 52.1 Å². The number of nitrogens with one attached hydrogen (secondary N) is 1. The minimum Gasteiger partial charge on any atom is -0.391 e. The van der Waals surface area contributed by atoms with Gasteiger partial charge in [-0.25, -0.2) is 0 Å². The zero-order valence-electron chi connectivity index (χ0n) is 13.9. The summed E-state index contributed by atoms with van der Waals surface area (Å²) >= 11 is 0. The predicted octanol–water partition coefficient (Wildman–Crippen LogP) is 2.02. The first-order chi connectivity index (χ1) is 10.2. The van der Waals surface area contributed by atoms with Gasteiger partial charge >= 0.3 is 0 Å². The van der Waals surface area contributed by atoms with Crippen LogP contribution in [-0.2, 0) is 4.74 Å². The van der Waals surface area contributed by atoms with Crippen LogP contribution in [0.25, 0.3) is 0 Å². The molecule has 4 nitrogen and oxygen atoms in total. The number of aliphatic hydroxyl groups is 1. The monoisotopic (exact) mass is 298 g/mol. The standard InChI is InChI=1S/C17H34N2O2/c1-3-10-18-12-17(9-6-11-21-14-17)13-19(2)15-7-4-5-8-16(15)20/h15-16,18,20H,3-14H2,1-2H3. The van der Waals surface area contributed by atoms with Crippen molar-refractivity contribution >= 4 is 0 Å². The lowest BCUT2D eigenvalue weighted by Crippen LogP contribution is -2.53. The van der Waals surface area contributed by atoms with Gasteiger partial charge < -0.3 is 20.1 Å². The van der Waals surface area contributed by atoms with Crippen LogP contribution in [0.5, 0.6) is 0 Å². The summed E-state index contributed by atoms with van der Waals surface area (Å²) in [6.45, 7) is 7.13. The molecule has 124 valence electrons. The first kappa shape index (κ1) is 17.2. The maximum Gasteiger partial charge on any atom is 0.0695 e. The van der Waals surface area contributed by atoms with E-state index in [1.807, 2.05) is 0 Å². The number of nitrogens with zero attached hydrogens (tertiary/aromatic N) is 1. The SMILES string of the molecule is CCCNCC1(CN(C)C2CCCCC2O)CCCOC1. The van der Waals surface area contributed by atoms with Crippen molar-refractivity contribution in [3.05, 3.63) is 0 Å². The average Bonchev–Trinajstić information content (AvgIpc) is 2.49. The van der Waals surface area contributed by atoms with E-state index in [4.69, 9.17) is 4.74 Å². The van der Waals surface area contributed by atoms with Gasteiger partial charge in [0.25, 0.3) is 0 Å². The molecule has 0 radical (unpaired) electrons. The van der Waals surface area contributed by atoms with Crippen molar-refractivity contribution in [3.63, 3.8) is 0 Å². The smallest absolute Gasteiger partial charge is 0.0695 e. The number of aliphatic hydroxyl groups excluding tert-OH is 1. The van der Waals surface area contributed by atoms with Gasteiger partial charge in [0.1, 0.15) is 0 Å². The molecule has 2 fully saturated rings. The Balaban J connectivity index is 1.93. The van der Waals surface area contributed by atoms with E-state index in [2.05, 4.69) is 24.2 Å². The van der Waals surface area contributed by atoms with Crippen LogP contribution >= 0.6 is 0 Å². The molecule has 0 bridgehead atoms. The first-order valence-electron chi connectivity index (χ1n) is 8.84. The van der Waals surface area contributed by atoms with Gasteiger partial charge in [-0.2, -0.15) is 0 Å². The van der Waals surface area contributed by atoms with Crippen molar-refractivity contribution in [1.29, 1.82) is 0 Å². The topological polar surface area (TPSA) is 44.7 Å². The number of hydrogen-bond donors (Lipinski definition) is 2. The summed E-state index contributed by atoms with van der Waals surface area (Å²) in [7, 11) is 2.19. The van der Waals surface area contributed by atoms with Gasteiger partial charge in [-0.05, 0) is 45.7 Å². The van der Waals surface area contributed by atoms with Crippen molar-refractivity contribution in [2.45, 2.75) is 64.0 Å². The van der Waals surface area contributed by atoms with Gasteiger partial charge in [0.15, 0.2) is 0 Å². The molecule has 2 N–H and O–H groups in total. The van der Waals surface area contributed by atoms with Crippen LogP contribution in [0.4, 0.5) is 0 Å². The van der Waals surface area contributed by atoms with E-state index < -0.39 is 0 Å². The summed E-state index contributed by atoms with van der Waals surface area (Å²) in [4.78, 5) is 2.41. The van der Waals surface area contributed by atoms with E-state index in [9.17, 15) is 5.11 Å². The summed E-state index contributed by atoms with van der Waals surface area (Å²) in [5.74, 6) is 0. The Bertz CT molecular complexity index is 293. The maximum absolute atomic E-state index is 10.3. The third-order valence-electron chi connectivity index (χ3n) is 5.18. The van der Waals surface area contributed by atoms with Crippen LogP contribution in [0.1, 0.15) is 51.9 Å². The Labute approximate surface area is 130 Å². The molecular formula is C17H34N2O2. The largest absolute Gasteiger partial charge is 0.391 e. The lowest BCUT2D eigenvalue weighted by Gasteiger charge is -2.44. The van der Waals surface area contributed by atoms with Gasteiger partial charge in [0.05, 0.1) is 12.7 Å². The lowest BCUT2D eigenvalue weighted by molar-refractivity contribution is -0.0458. The Kier molecular flexibility index (Phi) is 6.93. The summed E-state index contributed by atoms with van der Waals surface area (Å²) in [5.41, 5.74) is 0.222. The van der Waals surface area contributed by atoms with Gasteiger partial charge in [-0.3, -0.25) is 0 Å². The van der Waals surface area contributed by atoms with Crippen molar-refractivity contribution in [3.8, 4) is 0 Å². The van der Waals surface area contributed by atoms with E-state index in [0.29, 0.717) is 6.04 Å². The molecule has 0 amide bonds. The molecule has 0 aromatic heterocycles. The fraction of sp³-hybridized carbons (Fsp3) is 1.00. The molecule has 1 aliphatic heterocycles. The Morgan fingerprint density at radius 2 is 2.10 bits per heavy atom. The lowest BCUT2D eigenvalue weighted by atomic mass is 9.80. The fourth-order valence-corrected chi connectivity index (χ4v) is 4.01. The van der Waals surface area contributed by atoms with E-state index >= 15 is 0 Å². The molecule has 4 heteroatoms. The second-order valence-electron chi connectivity index (χ2n) is 7.17. The Morgan fingerprint density at radius 3 is 2.76 bits per heavy atom. The third kappa shape index (κ3) is 4.92. The predicted molar refractivity (Wildman–Crippen MR) is 86.5 cm³/mol. The molecule has 2 aliphatic rings. The first-order valence-corrected chi connectivity index (χ1v) is 8.84. The van der Waals surface area contributed by atoms with E-state index in [-0.39, 0.29) is 11.5 Å². The number of rotatable bonds is 7. The second kappa shape index (κ2) is 8.47. The zero-order valence-corrected chi connectivity index (χ0v) is 13.9. The van der Waals surface area contributed by atoms with Gasteiger partial charge in [0, 0.05) is 31.2 Å². The Morgan fingerprint density at radius 1 is 1.29 bits per heavy atom. The average molecular weight is 298 g/mol. The molecule has 2 rings (SSSR count). The number of ether oxygens (including phenoxy) is 1. The van der Waals surface area contributed by atoms with Crippen molar-refractivity contribution in [2.75, 3.05) is 39.9 Å². The fourth-order valence-electron chi connectivity index (χ4n) is 4.01. The van der Waals surface area contributed by atoms with Crippen LogP contribution in [0, 0.1) is 5.41 Å². The number of hydrogen-bond acceptors (Lipinski definition) is 4. The van der Waals surface area contributed by atoms with Crippen molar-refractivity contribution in [1.82, 2.24) is 10.2 Å². The minimum absolute atomic E-state index is 0.145. The molecule has 0 aromatic rings. The molecule has 3 atom stereocenters. The summed E-state index contributed by atoms with van der Waals surface area (Å²) < 4.78 is 5.80. The molecular weight excluding hydrogens is 264 g/mol. The quantitative estimate of drug-likeness (QED) is 0.706. The molecule has 3 unspecified atom stereocenters. The summed E-state index contributed by atoms with van der Waals surface area (Å²) in [5, 5.41) is 13.9. The molecule has 0 aromatic carbocycles. The minimum atomic E-state index is -0.145. The molecule has 21 heavy (non-hydrogen) atoms. The van der Waals surface area contributed by atoms with E-state index in [1.54, 1.807) is 0 Å². The highest BCUT2D eigenvalue weighted by Crippen LogP contribution is 2.31. The van der Waals surface area contributed by atoms with Crippen LogP contribution in [0.2, 0.25) is 0 Å². The second-order valence-corrected chi connectivity index (χ2v) is 7.17. The maximum atomic E-state index is 10.3. The summed E-state index contributed by atoms with van der Waals surface area (Å²) in [6.07, 6.45) is 7.96. The van der Waals surface area contributed by atoms with Crippen LogP contribution < -0.4 is 5.32 Å². The molecule has 1 saturated heterocycles. The molecule has 1 aliphatic carbocycles. The van der Waals surface area contributed by atoms with Crippen LogP contribution in [0.15, 0.2) is 0 Å². The van der Waals surface area contributed by atoms with Gasteiger partial charge in [-0.1, -0.05) is 19.8 Å². The highest BCUT2D eigenvalue weighted by molar-refractivity contribution is 4.90. The molecule has 0 spiro atoms. The summed E-state index contributed by atoms with van der Waals surface area (Å²) in [6, 6.07) is 0.337. The molecule has 1 saturated carbocycles. The van der Waals surface area contributed by atoms with Crippen LogP contribution in [-0.4, -0.2) is 62.0 Å². The highest BCUT2D eigenvalue weighted by Gasteiger charge is 2.37. The molecule has 1 heterocycles.